The van der Waals surface area contributed by atoms with Crippen LogP contribution in [-0.2, 0) is 4.79 Å². The lowest BCUT2D eigenvalue weighted by Crippen LogP contribution is -2.48. The van der Waals surface area contributed by atoms with E-state index in [-0.39, 0.29) is 18.4 Å². The standard InChI is InChI=1S/C27H37F2N3O3/c1-35-20-7-8-24-21(17-20)25(23(29)18-30-24)22(28)9-11-27(26(33)31-34)12-15-32(16-13-27)14-10-19-5-3-2-4-6-19/h7-8,17-19,22,34H,2-6,9-16H2,1H3,(H,31,33)/t22-/m1/s1. The third-order valence-corrected chi connectivity index (χ3v) is 8.23. The summed E-state index contributed by atoms with van der Waals surface area (Å²) in [6.07, 6.45) is 8.54. The Morgan fingerprint density at radius 1 is 1.29 bits per heavy atom. The number of hydrogen-bond acceptors (Lipinski definition) is 5. The van der Waals surface area contributed by atoms with Crippen molar-refractivity contribution in [2.75, 3.05) is 26.7 Å². The summed E-state index contributed by atoms with van der Waals surface area (Å²) in [5.74, 6) is 0.108. The summed E-state index contributed by atoms with van der Waals surface area (Å²) >= 11 is 0. The topological polar surface area (TPSA) is 74.7 Å². The van der Waals surface area contributed by atoms with Crippen molar-refractivity contribution in [3.8, 4) is 5.75 Å². The third kappa shape index (κ3) is 5.92. The molecular formula is C27H37F2N3O3. The Morgan fingerprint density at radius 2 is 2.03 bits per heavy atom. The van der Waals surface area contributed by atoms with Crippen molar-refractivity contribution in [2.24, 2.45) is 11.3 Å². The first-order valence-electron chi connectivity index (χ1n) is 12.9. The number of pyridine rings is 1. The number of carbonyl (C=O) groups is 1. The molecule has 8 heteroatoms. The molecule has 0 radical (unpaired) electrons. The fourth-order valence-electron chi connectivity index (χ4n) is 5.92. The minimum absolute atomic E-state index is 0.0251. The first kappa shape index (κ1) is 25.8. The maximum absolute atomic E-state index is 15.5. The molecule has 2 fully saturated rings. The minimum Gasteiger partial charge on any atom is -0.497 e. The molecule has 192 valence electrons. The predicted molar refractivity (Wildman–Crippen MR) is 131 cm³/mol. The number of rotatable bonds is 9. The summed E-state index contributed by atoms with van der Waals surface area (Å²) in [6, 6.07) is 4.97. The number of ether oxygens (including phenoxy) is 1. The van der Waals surface area contributed by atoms with Crippen LogP contribution in [0.1, 0.15) is 75.9 Å². The molecule has 1 saturated heterocycles. The Labute approximate surface area is 206 Å². The summed E-state index contributed by atoms with van der Waals surface area (Å²) < 4.78 is 35.5. The molecule has 2 heterocycles. The molecule has 1 aromatic carbocycles. The molecule has 2 aromatic rings. The highest BCUT2D eigenvalue weighted by Crippen LogP contribution is 2.41. The number of amides is 1. The molecule has 0 unspecified atom stereocenters. The van der Waals surface area contributed by atoms with Crippen molar-refractivity contribution >= 4 is 16.8 Å². The van der Waals surface area contributed by atoms with Gasteiger partial charge < -0.3 is 9.64 Å². The SMILES string of the molecule is COc1ccc2ncc(F)c([C@H](F)CCC3(C(=O)NO)CCN(CCC4CCCCC4)CC3)c2c1. The van der Waals surface area contributed by atoms with Crippen LogP contribution < -0.4 is 10.2 Å². The molecule has 1 saturated carbocycles. The zero-order valence-electron chi connectivity index (χ0n) is 20.6. The number of halogens is 2. The average Bonchev–Trinajstić information content (AvgIpc) is 2.90. The van der Waals surface area contributed by atoms with Gasteiger partial charge in [0.1, 0.15) is 17.7 Å². The van der Waals surface area contributed by atoms with Gasteiger partial charge in [-0.05, 0) is 75.9 Å². The summed E-state index contributed by atoms with van der Waals surface area (Å²) in [6.45, 7) is 2.49. The lowest BCUT2D eigenvalue weighted by atomic mass is 9.73. The van der Waals surface area contributed by atoms with Crippen molar-refractivity contribution in [1.82, 2.24) is 15.4 Å². The Kier molecular flexibility index (Phi) is 8.55. The molecule has 1 aliphatic carbocycles. The average molecular weight is 490 g/mol. The van der Waals surface area contributed by atoms with Crippen LogP contribution in [0.2, 0.25) is 0 Å². The van der Waals surface area contributed by atoms with Gasteiger partial charge in [0.15, 0.2) is 0 Å². The molecule has 2 aliphatic rings. The van der Waals surface area contributed by atoms with Gasteiger partial charge in [-0.15, -0.1) is 0 Å². The number of benzene rings is 1. The van der Waals surface area contributed by atoms with E-state index in [1.807, 2.05) is 5.48 Å². The number of fused-ring (bicyclic) bond motifs is 1. The highest BCUT2D eigenvalue weighted by molar-refractivity contribution is 5.84. The van der Waals surface area contributed by atoms with Crippen molar-refractivity contribution in [3.63, 3.8) is 0 Å². The van der Waals surface area contributed by atoms with E-state index in [0.717, 1.165) is 31.7 Å². The first-order valence-corrected chi connectivity index (χ1v) is 12.9. The molecule has 1 aromatic heterocycles. The lowest BCUT2D eigenvalue weighted by molar-refractivity contribution is -0.143. The van der Waals surface area contributed by atoms with Gasteiger partial charge in [0, 0.05) is 10.9 Å². The first-order chi connectivity index (χ1) is 17.0. The van der Waals surface area contributed by atoms with Crippen molar-refractivity contribution < 1.29 is 23.5 Å². The molecule has 0 bridgehead atoms. The van der Waals surface area contributed by atoms with E-state index >= 15 is 4.39 Å². The summed E-state index contributed by atoms with van der Waals surface area (Å²) in [7, 11) is 1.50. The summed E-state index contributed by atoms with van der Waals surface area (Å²) in [5, 5.41) is 9.80. The molecule has 4 rings (SSSR count). The Bertz CT molecular complexity index is 1000. The fraction of sp³-hybridized carbons (Fsp3) is 0.630. The number of nitrogens with one attached hydrogen (secondary N) is 1. The number of alkyl halides is 1. The maximum atomic E-state index is 15.5. The lowest BCUT2D eigenvalue weighted by Gasteiger charge is -2.41. The molecule has 1 amide bonds. The summed E-state index contributed by atoms with van der Waals surface area (Å²) in [4.78, 5) is 19.2. The molecule has 1 aliphatic heterocycles. The van der Waals surface area contributed by atoms with Crippen molar-refractivity contribution in [3.05, 3.63) is 35.8 Å². The van der Waals surface area contributed by atoms with Crippen LogP contribution in [0.5, 0.6) is 5.75 Å². The van der Waals surface area contributed by atoms with Crippen LogP contribution in [0.15, 0.2) is 24.4 Å². The molecule has 35 heavy (non-hydrogen) atoms. The van der Waals surface area contributed by atoms with Crippen LogP contribution in [0, 0.1) is 17.2 Å². The molecular weight excluding hydrogens is 452 g/mol. The van der Waals surface area contributed by atoms with Crippen molar-refractivity contribution in [2.45, 2.75) is 70.4 Å². The molecule has 0 spiro atoms. The monoisotopic (exact) mass is 489 g/mol. The number of likely N-dealkylation sites (tertiary alicyclic amines) is 1. The van der Waals surface area contributed by atoms with E-state index in [2.05, 4.69) is 9.88 Å². The van der Waals surface area contributed by atoms with Crippen molar-refractivity contribution in [1.29, 1.82) is 0 Å². The smallest absolute Gasteiger partial charge is 0.249 e. The van der Waals surface area contributed by atoms with Crippen LogP contribution in [0.4, 0.5) is 8.78 Å². The van der Waals surface area contributed by atoms with E-state index in [1.54, 1.807) is 18.2 Å². The van der Waals surface area contributed by atoms with Crippen LogP contribution in [0.25, 0.3) is 10.9 Å². The van der Waals surface area contributed by atoms with Gasteiger partial charge >= 0.3 is 0 Å². The van der Waals surface area contributed by atoms with Gasteiger partial charge in [-0.25, -0.2) is 14.3 Å². The number of aromatic nitrogens is 1. The summed E-state index contributed by atoms with van der Waals surface area (Å²) in [5.41, 5.74) is 1.38. The van der Waals surface area contributed by atoms with E-state index in [0.29, 0.717) is 29.5 Å². The van der Waals surface area contributed by atoms with E-state index in [4.69, 9.17) is 4.74 Å². The van der Waals surface area contributed by atoms with Crippen LogP contribution >= 0.6 is 0 Å². The zero-order chi connectivity index (χ0) is 24.8. The van der Waals surface area contributed by atoms with Gasteiger partial charge in [-0.2, -0.15) is 0 Å². The van der Waals surface area contributed by atoms with Crippen LogP contribution in [-0.4, -0.2) is 47.7 Å². The number of nitrogens with zero attached hydrogens (tertiary/aromatic N) is 2. The second-order valence-corrected chi connectivity index (χ2v) is 10.3. The predicted octanol–water partition coefficient (Wildman–Crippen LogP) is 5.73. The Balaban J connectivity index is 1.42. The molecule has 6 nitrogen and oxygen atoms in total. The van der Waals surface area contributed by atoms with E-state index in [9.17, 15) is 14.4 Å². The second-order valence-electron chi connectivity index (χ2n) is 10.3. The normalized spacial score (nSPS) is 20.0. The second kappa shape index (κ2) is 11.6. The number of methoxy groups -OCH3 is 1. The highest BCUT2D eigenvalue weighted by Gasteiger charge is 2.41. The van der Waals surface area contributed by atoms with Gasteiger partial charge in [0.05, 0.1) is 24.2 Å². The highest BCUT2D eigenvalue weighted by atomic mass is 19.1. The quantitative estimate of drug-likeness (QED) is 0.348. The number of hydrogen-bond donors (Lipinski definition) is 2. The van der Waals surface area contributed by atoms with E-state index < -0.39 is 23.3 Å². The Hall–Kier alpha value is -2.32. The number of hydroxylamine groups is 1. The largest absolute Gasteiger partial charge is 0.497 e. The molecule has 1 atom stereocenters. The van der Waals surface area contributed by atoms with Gasteiger partial charge in [-0.3, -0.25) is 15.0 Å². The third-order valence-electron chi connectivity index (χ3n) is 8.23. The zero-order valence-corrected chi connectivity index (χ0v) is 20.6. The number of piperidine rings is 1. The Morgan fingerprint density at radius 3 is 2.71 bits per heavy atom. The maximum Gasteiger partial charge on any atom is 0.249 e. The fourth-order valence-corrected chi connectivity index (χ4v) is 5.92. The van der Waals surface area contributed by atoms with Gasteiger partial charge in [0.25, 0.3) is 0 Å². The van der Waals surface area contributed by atoms with Crippen LogP contribution in [0.3, 0.4) is 0 Å². The minimum atomic E-state index is -1.61. The van der Waals surface area contributed by atoms with Gasteiger partial charge in [-0.1, -0.05) is 32.1 Å². The van der Waals surface area contributed by atoms with E-state index in [1.165, 1.54) is 45.6 Å². The van der Waals surface area contributed by atoms with Gasteiger partial charge in [0.2, 0.25) is 5.91 Å². The molecule has 2 N–H and O–H groups in total. The number of carbonyl (C=O) groups excluding carboxylic acids is 1.